The molecule has 2 heterocycles. The Hall–Kier alpha value is -1.73. The second-order valence-corrected chi connectivity index (χ2v) is 6.78. The number of amides is 4. The van der Waals surface area contributed by atoms with Crippen LogP contribution >= 0.6 is 23.4 Å². The molecule has 6 nitrogen and oxygen atoms in total. The Morgan fingerprint density at radius 2 is 1.91 bits per heavy atom. The third kappa shape index (κ3) is 3.45. The molecule has 4 amide bonds. The number of halogens is 1. The number of nitrogens with one attached hydrogen (secondary N) is 1. The van der Waals surface area contributed by atoms with Crippen molar-refractivity contribution in [2.24, 2.45) is 0 Å². The van der Waals surface area contributed by atoms with Crippen LogP contribution in [-0.2, 0) is 4.79 Å². The van der Waals surface area contributed by atoms with E-state index in [-0.39, 0.29) is 29.0 Å². The van der Waals surface area contributed by atoms with Crippen molar-refractivity contribution in [2.75, 3.05) is 24.2 Å². The number of likely N-dealkylation sites (tertiary alicyclic amines) is 1. The predicted molar refractivity (Wildman–Crippen MR) is 89.8 cm³/mol. The van der Waals surface area contributed by atoms with Crippen molar-refractivity contribution in [3.05, 3.63) is 29.3 Å². The number of anilines is 1. The molecule has 0 bridgehead atoms. The van der Waals surface area contributed by atoms with Crippen molar-refractivity contribution < 1.29 is 14.4 Å². The van der Waals surface area contributed by atoms with Crippen LogP contribution in [0.2, 0.25) is 5.02 Å². The van der Waals surface area contributed by atoms with E-state index in [9.17, 15) is 14.4 Å². The van der Waals surface area contributed by atoms with E-state index in [0.29, 0.717) is 36.6 Å². The summed E-state index contributed by atoms with van der Waals surface area (Å²) in [5.74, 6) is 0.102. The van der Waals surface area contributed by atoms with Gasteiger partial charge in [-0.25, -0.2) is 4.79 Å². The Morgan fingerprint density at radius 1 is 1.22 bits per heavy atom. The van der Waals surface area contributed by atoms with Crippen molar-refractivity contribution in [1.82, 2.24) is 9.80 Å². The summed E-state index contributed by atoms with van der Waals surface area (Å²) in [4.78, 5) is 38.8. The van der Waals surface area contributed by atoms with Gasteiger partial charge in [-0.05, 0) is 25.0 Å². The van der Waals surface area contributed by atoms with E-state index in [1.165, 1.54) is 4.90 Å². The van der Waals surface area contributed by atoms with E-state index in [0.717, 1.165) is 11.8 Å². The zero-order chi connectivity index (χ0) is 16.4. The molecule has 0 aromatic heterocycles. The van der Waals surface area contributed by atoms with Gasteiger partial charge in [-0.2, -0.15) is 0 Å². The van der Waals surface area contributed by atoms with Gasteiger partial charge in [0.05, 0.1) is 16.5 Å². The summed E-state index contributed by atoms with van der Waals surface area (Å²) in [5, 5.41) is 3.10. The molecule has 2 fully saturated rings. The van der Waals surface area contributed by atoms with Crippen LogP contribution in [0.3, 0.4) is 0 Å². The van der Waals surface area contributed by atoms with Crippen LogP contribution in [0.5, 0.6) is 0 Å². The predicted octanol–water partition coefficient (Wildman–Crippen LogP) is 3.03. The van der Waals surface area contributed by atoms with Gasteiger partial charge in [0.15, 0.2) is 0 Å². The smallest absolute Gasteiger partial charge is 0.321 e. The number of benzene rings is 1. The highest BCUT2D eigenvalue weighted by atomic mass is 35.5. The molecule has 0 unspecified atom stereocenters. The van der Waals surface area contributed by atoms with Gasteiger partial charge in [0.1, 0.15) is 0 Å². The molecule has 0 saturated carbocycles. The number of imide groups is 1. The molecule has 3 rings (SSSR count). The van der Waals surface area contributed by atoms with Crippen LogP contribution in [-0.4, -0.2) is 51.9 Å². The maximum Gasteiger partial charge on any atom is 0.321 e. The summed E-state index contributed by atoms with van der Waals surface area (Å²) < 4.78 is 0. The topological polar surface area (TPSA) is 69.7 Å². The monoisotopic (exact) mass is 353 g/mol. The lowest BCUT2D eigenvalue weighted by atomic mass is 10.0. The molecule has 23 heavy (non-hydrogen) atoms. The average Bonchev–Trinajstić information content (AvgIpc) is 2.88. The Labute approximate surface area is 143 Å². The molecule has 2 aliphatic rings. The van der Waals surface area contributed by atoms with Crippen molar-refractivity contribution in [1.29, 1.82) is 0 Å². The number of hydrogen-bond donors (Lipinski definition) is 1. The van der Waals surface area contributed by atoms with Crippen LogP contribution in [0.1, 0.15) is 12.8 Å². The molecule has 1 N–H and O–H groups in total. The molecular weight excluding hydrogens is 338 g/mol. The van der Waals surface area contributed by atoms with Gasteiger partial charge in [0.25, 0.3) is 5.24 Å². The number of thioether (sulfide) groups is 1. The minimum atomic E-state index is -0.218. The lowest BCUT2D eigenvalue weighted by molar-refractivity contribution is -0.126. The van der Waals surface area contributed by atoms with Gasteiger partial charge in [0.2, 0.25) is 5.91 Å². The van der Waals surface area contributed by atoms with Gasteiger partial charge in [-0.15, -0.1) is 0 Å². The average molecular weight is 354 g/mol. The van der Waals surface area contributed by atoms with Gasteiger partial charge < -0.3 is 10.2 Å². The van der Waals surface area contributed by atoms with Crippen LogP contribution in [0.4, 0.5) is 15.3 Å². The Balaban J connectivity index is 1.56. The fraction of sp³-hybridized carbons (Fsp3) is 0.400. The van der Waals surface area contributed by atoms with E-state index >= 15 is 0 Å². The molecule has 2 aliphatic heterocycles. The largest absolute Gasteiger partial charge is 0.324 e. The van der Waals surface area contributed by atoms with Crippen molar-refractivity contribution >= 4 is 46.2 Å². The maximum atomic E-state index is 12.3. The van der Waals surface area contributed by atoms with Gasteiger partial charge in [-0.1, -0.05) is 35.5 Å². The van der Waals surface area contributed by atoms with E-state index in [1.807, 2.05) is 0 Å². The number of urea groups is 1. The van der Waals surface area contributed by atoms with Crippen molar-refractivity contribution in [2.45, 2.75) is 18.9 Å². The second-order valence-electron chi connectivity index (χ2n) is 5.45. The number of carbonyl (C=O) groups excluding carboxylic acids is 3. The lowest BCUT2D eigenvalue weighted by Crippen LogP contribution is -2.49. The number of hydrogen-bond acceptors (Lipinski definition) is 4. The summed E-state index contributed by atoms with van der Waals surface area (Å²) in [6, 6.07) is 6.73. The summed E-state index contributed by atoms with van der Waals surface area (Å²) in [5.41, 5.74) is 0.572. The molecule has 0 atom stereocenters. The van der Waals surface area contributed by atoms with E-state index in [4.69, 9.17) is 11.6 Å². The number of nitrogens with zero attached hydrogens (tertiary/aromatic N) is 2. The van der Waals surface area contributed by atoms with Crippen molar-refractivity contribution in [3.8, 4) is 0 Å². The van der Waals surface area contributed by atoms with E-state index in [1.54, 1.807) is 29.2 Å². The molecule has 0 radical (unpaired) electrons. The summed E-state index contributed by atoms with van der Waals surface area (Å²) in [6.45, 7) is 1.01. The first-order valence-corrected chi connectivity index (χ1v) is 8.72. The fourth-order valence-corrected chi connectivity index (χ4v) is 3.76. The number of para-hydroxylation sites is 1. The van der Waals surface area contributed by atoms with Gasteiger partial charge in [-0.3, -0.25) is 14.5 Å². The zero-order valence-corrected chi connectivity index (χ0v) is 13.9. The lowest BCUT2D eigenvalue weighted by Gasteiger charge is -2.35. The van der Waals surface area contributed by atoms with Crippen LogP contribution in [0.25, 0.3) is 0 Å². The standard InChI is InChI=1S/C15H16ClN3O3S/c16-11-3-1-2-4-12(11)17-14(21)18-7-5-10(6-8-18)19-13(20)9-23-15(19)22/h1-4,10H,5-9H2,(H,17,21). The third-order valence-corrected chi connectivity index (χ3v) is 5.18. The van der Waals surface area contributed by atoms with Crippen LogP contribution in [0, 0.1) is 0 Å². The van der Waals surface area contributed by atoms with Crippen LogP contribution in [0.15, 0.2) is 24.3 Å². The minimum Gasteiger partial charge on any atom is -0.324 e. The summed E-state index contributed by atoms with van der Waals surface area (Å²) in [6.07, 6.45) is 1.21. The van der Waals surface area contributed by atoms with Gasteiger partial charge >= 0.3 is 6.03 Å². The Bertz CT molecular complexity index is 631. The van der Waals surface area contributed by atoms with Crippen LogP contribution < -0.4 is 5.32 Å². The highest BCUT2D eigenvalue weighted by Gasteiger charge is 2.37. The Morgan fingerprint density at radius 3 is 2.52 bits per heavy atom. The molecule has 2 saturated heterocycles. The SMILES string of the molecule is O=C(Nc1ccccc1Cl)N1CCC(N2C(=O)CSC2=O)CC1. The number of rotatable bonds is 2. The highest BCUT2D eigenvalue weighted by Crippen LogP contribution is 2.27. The van der Waals surface area contributed by atoms with E-state index < -0.39 is 0 Å². The Kier molecular flexibility index (Phi) is 4.77. The maximum absolute atomic E-state index is 12.3. The highest BCUT2D eigenvalue weighted by molar-refractivity contribution is 8.14. The molecule has 1 aromatic carbocycles. The second kappa shape index (κ2) is 6.80. The summed E-state index contributed by atoms with van der Waals surface area (Å²) in [7, 11) is 0. The van der Waals surface area contributed by atoms with Crippen molar-refractivity contribution in [3.63, 3.8) is 0 Å². The first-order valence-electron chi connectivity index (χ1n) is 7.35. The molecular formula is C15H16ClN3O3S. The fourth-order valence-electron chi connectivity index (χ4n) is 2.80. The molecule has 8 heteroatoms. The number of carbonyl (C=O) groups is 3. The summed E-state index contributed by atoms with van der Waals surface area (Å²) >= 11 is 7.08. The quantitative estimate of drug-likeness (QED) is 0.887. The first kappa shape index (κ1) is 16.1. The minimum absolute atomic E-state index is 0.102. The third-order valence-electron chi connectivity index (χ3n) is 4.02. The first-order chi connectivity index (χ1) is 11.1. The normalized spacial score (nSPS) is 19.3. The molecule has 0 spiro atoms. The zero-order valence-electron chi connectivity index (χ0n) is 12.3. The van der Waals surface area contributed by atoms with E-state index in [2.05, 4.69) is 5.32 Å². The van der Waals surface area contributed by atoms with Gasteiger partial charge in [0, 0.05) is 19.1 Å². The number of piperidine rings is 1. The molecule has 0 aliphatic carbocycles. The molecule has 1 aromatic rings. The molecule has 122 valence electrons.